The lowest BCUT2D eigenvalue weighted by atomic mass is 9.79. The first kappa shape index (κ1) is 23.1. The molecule has 1 aliphatic heterocycles. The molecule has 2 heterocycles. The number of anilines is 1. The van der Waals surface area contributed by atoms with E-state index in [0.717, 1.165) is 42.7 Å². The molecule has 2 aromatic rings. The molecule has 10 heteroatoms. The molecule has 0 atom stereocenters. The second-order valence-corrected chi connectivity index (χ2v) is 10.1. The smallest absolute Gasteiger partial charge is 0.208 e. The minimum absolute atomic E-state index is 0.0490. The predicted molar refractivity (Wildman–Crippen MR) is 121 cm³/mol. The number of halogens is 2. The maximum absolute atomic E-state index is 14.8. The van der Waals surface area contributed by atoms with E-state index in [-0.39, 0.29) is 38.8 Å². The zero-order valence-electron chi connectivity index (χ0n) is 18.3. The van der Waals surface area contributed by atoms with Crippen LogP contribution in [0, 0.1) is 17.0 Å². The number of nitrogens with zero attached hydrogens (tertiary/aromatic N) is 3. The minimum Gasteiger partial charge on any atom is -0.507 e. The zero-order chi connectivity index (χ0) is 23.1. The summed E-state index contributed by atoms with van der Waals surface area (Å²) in [7, 11) is 1.91. The zero-order valence-corrected chi connectivity index (χ0v) is 19.1. The van der Waals surface area contributed by atoms with E-state index in [1.54, 1.807) is 0 Å². The number of aromatic hydroxyl groups is 1. The molecule has 168 valence electrons. The van der Waals surface area contributed by atoms with Crippen LogP contribution in [0.4, 0.5) is 13.9 Å². The molecule has 5 N–H and O–H groups in total. The van der Waals surface area contributed by atoms with Gasteiger partial charge < -0.3 is 26.5 Å². The van der Waals surface area contributed by atoms with Gasteiger partial charge >= 0.3 is 0 Å². The highest BCUT2D eigenvalue weighted by molar-refractivity contribution is 7.18. The normalized spacial score (nSPS) is 18.7. The van der Waals surface area contributed by atoms with Crippen molar-refractivity contribution in [2.75, 3.05) is 11.9 Å². The van der Waals surface area contributed by atoms with Gasteiger partial charge in [0.2, 0.25) is 5.13 Å². The number of aromatic nitrogens is 2. The monoisotopic (exact) mass is 450 g/mol. The van der Waals surface area contributed by atoms with Crippen molar-refractivity contribution in [1.29, 1.82) is 5.41 Å². The van der Waals surface area contributed by atoms with Crippen LogP contribution in [0.1, 0.15) is 46.1 Å². The first-order valence-electron chi connectivity index (χ1n) is 9.89. The first-order valence-corrected chi connectivity index (χ1v) is 10.7. The molecule has 0 aliphatic carbocycles. The fourth-order valence-corrected chi connectivity index (χ4v) is 5.32. The van der Waals surface area contributed by atoms with E-state index in [1.807, 2.05) is 11.9 Å². The summed E-state index contributed by atoms with van der Waals surface area (Å²) in [5.74, 6) is -2.96. The molecular weight excluding hydrogens is 422 g/mol. The van der Waals surface area contributed by atoms with Crippen LogP contribution in [0.25, 0.3) is 16.1 Å². The Kier molecular flexibility index (Phi) is 6.07. The molecule has 3 rings (SSSR count). The van der Waals surface area contributed by atoms with E-state index in [0.29, 0.717) is 5.13 Å². The van der Waals surface area contributed by atoms with Crippen molar-refractivity contribution in [2.24, 2.45) is 5.73 Å². The SMILES string of the molecule is CN(c1nnc(-c2c(O)cc(/C(C=N)=C/N)c(F)c2F)s1)C1CC(C)(C)NC(C)(C)C1. The molecule has 1 aliphatic rings. The molecule has 0 unspecified atom stereocenters. The van der Waals surface area contributed by atoms with Gasteiger partial charge in [-0.05, 0) is 46.6 Å². The number of nitrogens with one attached hydrogen (secondary N) is 2. The summed E-state index contributed by atoms with van der Waals surface area (Å²) in [4.78, 5) is 2.01. The third-order valence-corrected chi connectivity index (χ3v) is 6.51. The standard InChI is InChI=1S/C21H28F2N6OS/c1-20(2)7-12(8-21(3,4)28-20)29(5)19-27-26-18(31-19)15-14(30)6-13(11(9-24)10-25)16(22)17(15)23/h6,9-10,12,24,28,30H,7-8,25H2,1-5H3/b11-10+,24-9?. The molecule has 0 radical (unpaired) electrons. The lowest BCUT2D eigenvalue weighted by Gasteiger charge is -2.48. The van der Waals surface area contributed by atoms with E-state index < -0.39 is 17.4 Å². The fraction of sp³-hybridized carbons (Fsp3) is 0.476. The van der Waals surface area contributed by atoms with Gasteiger partial charge in [0.15, 0.2) is 16.6 Å². The van der Waals surface area contributed by atoms with Gasteiger partial charge in [0.1, 0.15) is 5.75 Å². The Labute approximate surface area is 184 Å². The Bertz CT molecular complexity index is 1020. The quantitative estimate of drug-likeness (QED) is 0.515. The van der Waals surface area contributed by atoms with Crippen molar-refractivity contribution in [3.05, 3.63) is 29.5 Å². The highest BCUT2D eigenvalue weighted by Gasteiger charge is 2.40. The molecule has 0 bridgehead atoms. The van der Waals surface area contributed by atoms with Gasteiger partial charge in [0, 0.05) is 47.7 Å². The van der Waals surface area contributed by atoms with Crippen LogP contribution in [0.15, 0.2) is 12.3 Å². The minimum atomic E-state index is -1.26. The van der Waals surface area contributed by atoms with E-state index in [9.17, 15) is 13.9 Å². The van der Waals surface area contributed by atoms with Crippen molar-refractivity contribution in [1.82, 2.24) is 15.5 Å². The summed E-state index contributed by atoms with van der Waals surface area (Å²) in [6, 6.07) is 1.22. The lowest BCUT2D eigenvalue weighted by Crippen LogP contribution is -2.61. The van der Waals surface area contributed by atoms with E-state index in [2.05, 4.69) is 43.2 Å². The molecule has 1 fully saturated rings. The van der Waals surface area contributed by atoms with E-state index in [4.69, 9.17) is 11.1 Å². The summed E-state index contributed by atoms with van der Waals surface area (Å²) in [5, 5.41) is 30.1. The largest absolute Gasteiger partial charge is 0.507 e. The summed E-state index contributed by atoms with van der Waals surface area (Å²) < 4.78 is 29.5. The summed E-state index contributed by atoms with van der Waals surface area (Å²) in [6.07, 6.45) is 3.52. The molecule has 1 aromatic carbocycles. The second-order valence-electron chi connectivity index (χ2n) is 9.17. The van der Waals surface area contributed by atoms with Crippen molar-refractivity contribution in [3.63, 3.8) is 0 Å². The Morgan fingerprint density at radius 2 is 1.87 bits per heavy atom. The van der Waals surface area contributed by atoms with Crippen LogP contribution in [0.2, 0.25) is 0 Å². The third kappa shape index (κ3) is 4.54. The maximum Gasteiger partial charge on any atom is 0.208 e. The Morgan fingerprint density at radius 3 is 2.42 bits per heavy atom. The van der Waals surface area contributed by atoms with Crippen LogP contribution in [0.5, 0.6) is 5.75 Å². The summed E-state index contributed by atoms with van der Waals surface area (Å²) in [6.45, 7) is 8.60. The molecule has 1 saturated heterocycles. The molecule has 0 amide bonds. The highest BCUT2D eigenvalue weighted by atomic mass is 32.1. The van der Waals surface area contributed by atoms with Crippen LogP contribution in [0.3, 0.4) is 0 Å². The Morgan fingerprint density at radius 1 is 1.26 bits per heavy atom. The molecular formula is C21H28F2N6OS. The molecule has 7 nitrogen and oxygen atoms in total. The number of benzene rings is 1. The van der Waals surface area contributed by atoms with Gasteiger partial charge in [-0.3, -0.25) is 0 Å². The Balaban J connectivity index is 1.96. The average Bonchev–Trinajstić information content (AvgIpc) is 3.13. The van der Waals surface area contributed by atoms with Gasteiger partial charge in [-0.1, -0.05) is 11.3 Å². The predicted octanol–water partition coefficient (Wildman–Crippen LogP) is 3.88. The number of hydrogen-bond donors (Lipinski definition) is 4. The second kappa shape index (κ2) is 8.16. The lowest BCUT2D eigenvalue weighted by molar-refractivity contribution is 0.161. The summed E-state index contributed by atoms with van der Waals surface area (Å²) in [5.41, 5.74) is 4.53. The van der Waals surface area contributed by atoms with E-state index in [1.165, 1.54) is 0 Å². The fourth-order valence-electron chi connectivity index (χ4n) is 4.40. The third-order valence-electron chi connectivity index (χ3n) is 5.48. The first-order chi connectivity index (χ1) is 14.4. The van der Waals surface area contributed by atoms with Crippen molar-refractivity contribution in [2.45, 2.75) is 57.7 Å². The van der Waals surface area contributed by atoms with Crippen molar-refractivity contribution >= 4 is 28.3 Å². The van der Waals surface area contributed by atoms with Gasteiger partial charge in [0.25, 0.3) is 0 Å². The van der Waals surface area contributed by atoms with Crippen molar-refractivity contribution < 1.29 is 13.9 Å². The number of hydrogen-bond acceptors (Lipinski definition) is 8. The topological polar surface area (TPSA) is 111 Å². The number of piperidine rings is 1. The number of phenols is 1. The Hall–Kier alpha value is -2.59. The van der Waals surface area contributed by atoms with Crippen LogP contribution in [-0.2, 0) is 0 Å². The van der Waals surface area contributed by atoms with Gasteiger partial charge in [-0.15, -0.1) is 10.2 Å². The summed E-state index contributed by atoms with van der Waals surface area (Å²) >= 11 is 1.08. The average molecular weight is 451 g/mol. The van der Waals surface area contributed by atoms with Crippen molar-refractivity contribution in [3.8, 4) is 16.3 Å². The number of nitrogens with two attached hydrogens (primary N) is 1. The van der Waals surface area contributed by atoms with Gasteiger partial charge in [-0.25, -0.2) is 8.78 Å². The maximum atomic E-state index is 14.8. The number of phenolic OH excluding ortho intramolecular Hbond substituents is 1. The molecule has 0 spiro atoms. The number of rotatable bonds is 5. The van der Waals surface area contributed by atoms with Gasteiger partial charge in [0.05, 0.1) is 5.56 Å². The van der Waals surface area contributed by atoms with Crippen LogP contribution >= 0.6 is 11.3 Å². The molecule has 31 heavy (non-hydrogen) atoms. The van der Waals surface area contributed by atoms with Crippen LogP contribution in [-0.4, -0.2) is 45.7 Å². The van der Waals surface area contributed by atoms with Gasteiger partial charge in [-0.2, -0.15) is 0 Å². The molecule has 1 aromatic heterocycles. The number of allylic oxidation sites excluding steroid dienone is 1. The molecule has 0 saturated carbocycles. The highest BCUT2D eigenvalue weighted by Crippen LogP contribution is 2.41. The van der Waals surface area contributed by atoms with E-state index >= 15 is 0 Å². The van der Waals surface area contributed by atoms with Crippen LogP contribution < -0.4 is 16.0 Å².